The van der Waals surface area contributed by atoms with Gasteiger partial charge < -0.3 is 14.8 Å². The summed E-state index contributed by atoms with van der Waals surface area (Å²) in [6, 6.07) is 24.0. The lowest BCUT2D eigenvalue weighted by Gasteiger charge is -2.15. The molecule has 0 saturated heterocycles. The fraction of sp³-hybridized carbons (Fsp3) is 0.148. The Labute approximate surface area is 207 Å². The third-order valence-electron chi connectivity index (χ3n) is 5.12. The first-order valence-corrected chi connectivity index (χ1v) is 11.2. The van der Waals surface area contributed by atoms with Gasteiger partial charge in [0.15, 0.2) is 11.5 Å². The molecule has 0 saturated carbocycles. The molecule has 3 rings (SSSR count). The number of nitrogens with one attached hydrogen (secondary N) is 1. The Morgan fingerprint density at radius 1 is 1.09 bits per heavy atom. The van der Waals surface area contributed by atoms with Crippen molar-refractivity contribution in [1.82, 2.24) is 5.32 Å². The molecule has 1 atom stereocenters. The molecule has 0 aromatic heterocycles. The van der Waals surface area contributed by atoms with E-state index in [9.17, 15) is 15.3 Å². The van der Waals surface area contributed by atoms with E-state index in [4.69, 9.17) is 9.47 Å². The van der Waals surface area contributed by atoms with Crippen molar-refractivity contribution in [2.24, 2.45) is 0 Å². The molecule has 0 spiro atoms. The van der Waals surface area contributed by atoms with Crippen LogP contribution in [0.25, 0.3) is 6.08 Å². The molecular formula is C27H22BrN3O3. The number of ether oxygens (including phenoxy) is 2. The van der Waals surface area contributed by atoms with E-state index in [1.807, 2.05) is 55.5 Å². The highest BCUT2D eigenvalue weighted by Crippen LogP contribution is 2.35. The van der Waals surface area contributed by atoms with Crippen LogP contribution in [0.2, 0.25) is 0 Å². The molecule has 0 unspecified atom stereocenters. The molecular weight excluding hydrogens is 494 g/mol. The number of methoxy groups -OCH3 is 1. The van der Waals surface area contributed by atoms with E-state index in [-0.39, 0.29) is 18.2 Å². The largest absolute Gasteiger partial charge is 0.493 e. The summed E-state index contributed by atoms with van der Waals surface area (Å²) < 4.78 is 12.0. The molecule has 3 aromatic rings. The topological polar surface area (TPSA) is 95.1 Å². The van der Waals surface area contributed by atoms with Crippen molar-refractivity contribution in [3.05, 3.63) is 99.0 Å². The Balaban J connectivity index is 1.81. The first kappa shape index (κ1) is 24.6. The van der Waals surface area contributed by atoms with Gasteiger partial charge in [0.05, 0.1) is 24.8 Å². The summed E-state index contributed by atoms with van der Waals surface area (Å²) in [5.41, 5.74) is 2.77. The average molecular weight is 516 g/mol. The summed E-state index contributed by atoms with van der Waals surface area (Å²) in [5.74, 6) is 0.414. The van der Waals surface area contributed by atoms with Crippen LogP contribution in [0.5, 0.6) is 11.5 Å². The maximum Gasteiger partial charge on any atom is 0.262 e. The van der Waals surface area contributed by atoms with Gasteiger partial charge in [-0.2, -0.15) is 10.5 Å². The standard InChI is InChI=1S/C27H22BrN3O3/c1-18(19-8-4-3-5-9-19)31-27(32)23(16-30)12-22-13-25(33-2)26(14-24(22)28)34-17-21-11-7-6-10-20(21)15-29/h3-14,18H,17H2,1-2H3,(H,31,32)/b23-12+/t18-/m0/s1. The van der Waals surface area contributed by atoms with Crippen LogP contribution in [0.3, 0.4) is 0 Å². The maximum absolute atomic E-state index is 12.7. The third-order valence-corrected chi connectivity index (χ3v) is 5.80. The Kier molecular flexibility index (Phi) is 8.45. The van der Waals surface area contributed by atoms with Crippen molar-refractivity contribution in [2.45, 2.75) is 19.6 Å². The molecule has 6 nitrogen and oxygen atoms in total. The quantitative estimate of drug-likeness (QED) is 0.307. The van der Waals surface area contributed by atoms with Crippen LogP contribution in [0.4, 0.5) is 0 Å². The lowest BCUT2D eigenvalue weighted by Crippen LogP contribution is -2.27. The summed E-state index contributed by atoms with van der Waals surface area (Å²) >= 11 is 3.49. The molecule has 3 aromatic carbocycles. The minimum Gasteiger partial charge on any atom is -0.493 e. The molecule has 0 aliphatic heterocycles. The van der Waals surface area contributed by atoms with Gasteiger partial charge in [0.25, 0.3) is 5.91 Å². The first-order chi connectivity index (χ1) is 16.5. The van der Waals surface area contributed by atoms with Crippen molar-refractivity contribution in [3.8, 4) is 23.6 Å². The average Bonchev–Trinajstić information content (AvgIpc) is 2.87. The van der Waals surface area contributed by atoms with Crippen molar-refractivity contribution in [1.29, 1.82) is 10.5 Å². The Bertz CT molecular complexity index is 1290. The van der Waals surface area contributed by atoms with Gasteiger partial charge in [-0.05, 0) is 42.3 Å². The van der Waals surface area contributed by atoms with E-state index in [0.29, 0.717) is 27.1 Å². The molecule has 34 heavy (non-hydrogen) atoms. The number of nitrogens with zero attached hydrogens (tertiary/aromatic N) is 2. The van der Waals surface area contributed by atoms with E-state index in [1.165, 1.54) is 13.2 Å². The van der Waals surface area contributed by atoms with E-state index >= 15 is 0 Å². The molecule has 7 heteroatoms. The van der Waals surface area contributed by atoms with Crippen LogP contribution < -0.4 is 14.8 Å². The fourth-order valence-electron chi connectivity index (χ4n) is 3.25. The van der Waals surface area contributed by atoms with Gasteiger partial charge in [0.2, 0.25) is 0 Å². The second kappa shape index (κ2) is 11.7. The predicted octanol–water partition coefficient (Wildman–Crippen LogP) is 5.69. The van der Waals surface area contributed by atoms with E-state index < -0.39 is 5.91 Å². The number of benzene rings is 3. The Hall–Kier alpha value is -4.07. The highest BCUT2D eigenvalue weighted by atomic mass is 79.9. The van der Waals surface area contributed by atoms with Gasteiger partial charge in [-0.1, -0.05) is 64.5 Å². The van der Waals surface area contributed by atoms with E-state index in [1.54, 1.807) is 24.3 Å². The predicted molar refractivity (Wildman–Crippen MR) is 133 cm³/mol. The smallest absolute Gasteiger partial charge is 0.262 e. The second-order valence-corrected chi connectivity index (χ2v) is 8.21. The molecule has 170 valence electrons. The number of nitriles is 2. The van der Waals surface area contributed by atoms with Crippen molar-refractivity contribution in [3.63, 3.8) is 0 Å². The van der Waals surface area contributed by atoms with Crippen LogP contribution in [0, 0.1) is 22.7 Å². The van der Waals surface area contributed by atoms with Gasteiger partial charge in [0.1, 0.15) is 18.2 Å². The number of carbonyl (C=O) groups excluding carboxylic acids is 1. The second-order valence-electron chi connectivity index (χ2n) is 7.36. The molecule has 0 fully saturated rings. The lowest BCUT2D eigenvalue weighted by atomic mass is 10.1. The molecule has 0 heterocycles. The van der Waals surface area contributed by atoms with E-state index in [2.05, 4.69) is 27.3 Å². The molecule has 0 bridgehead atoms. The van der Waals surface area contributed by atoms with Gasteiger partial charge in [-0.15, -0.1) is 0 Å². The molecule has 1 amide bonds. The van der Waals surface area contributed by atoms with Crippen LogP contribution in [0.15, 0.2) is 76.8 Å². The monoisotopic (exact) mass is 515 g/mol. The van der Waals surface area contributed by atoms with Gasteiger partial charge in [-0.3, -0.25) is 4.79 Å². The van der Waals surface area contributed by atoms with Crippen LogP contribution >= 0.6 is 15.9 Å². The summed E-state index contributed by atoms with van der Waals surface area (Å²) in [6.45, 7) is 2.04. The number of amides is 1. The SMILES string of the molecule is COc1cc(/C=C(\C#N)C(=O)N[C@@H](C)c2ccccc2)c(Br)cc1OCc1ccccc1C#N. The zero-order valence-electron chi connectivity index (χ0n) is 18.7. The highest BCUT2D eigenvalue weighted by molar-refractivity contribution is 9.10. The van der Waals surface area contributed by atoms with Crippen LogP contribution in [-0.4, -0.2) is 13.0 Å². The Morgan fingerprint density at radius 3 is 2.47 bits per heavy atom. The zero-order chi connectivity index (χ0) is 24.5. The molecule has 0 aliphatic carbocycles. The number of carbonyl (C=O) groups is 1. The summed E-state index contributed by atoms with van der Waals surface area (Å²) in [6.07, 6.45) is 1.49. The van der Waals surface area contributed by atoms with E-state index in [0.717, 1.165) is 11.1 Å². The molecule has 1 N–H and O–H groups in total. The maximum atomic E-state index is 12.7. The number of halogens is 1. The zero-order valence-corrected chi connectivity index (χ0v) is 20.3. The Morgan fingerprint density at radius 2 is 1.79 bits per heavy atom. The highest BCUT2D eigenvalue weighted by Gasteiger charge is 2.16. The number of hydrogen-bond acceptors (Lipinski definition) is 5. The summed E-state index contributed by atoms with van der Waals surface area (Å²) in [7, 11) is 1.51. The van der Waals surface area contributed by atoms with Gasteiger partial charge in [-0.25, -0.2) is 0 Å². The summed E-state index contributed by atoms with van der Waals surface area (Å²) in [4.78, 5) is 12.7. The van der Waals surface area contributed by atoms with Crippen molar-refractivity contribution < 1.29 is 14.3 Å². The summed E-state index contributed by atoms with van der Waals surface area (Å²) in [5, 5.41) is 21.7. The molecule has 0 radical (unpaired) electrons. The number of rotatable bonds is 8. The fourth-order valence-corrected chi connectivity index (χ4v) is 3.68. The van der Waals surface area contributed by atoms with Gasteiger partial charge in [0, 0.05) is 10.0 Å². The first-order valence-electron chi connectivity index (χ1n) is 10.4. The van der Waals surface area contributed by atoms with Crippen molar-refractivity contribution in [2.75, 3.05) is 7.11 Å². The third kappa shape index (κ3) is 6.04. The number of hydrogen-bond donors (Lipinski definition) is 1. The van der Waals surface area contributed by atoms with Crippen LogP contribution in [-0.2, 0) is 11.4 Å². The molecule has 0 aliphatic rings. The normalized spacial score (nSPS) is 11.6. The van der Waals surface area contributed by atoms with Crippen molar-refractivity contribution >= 4 is 27.9 Å². The minimum atomic E-state index is -0.474. The minimum absolute atomic E-state index is 0.0397. The lowest BCUT2D eigenvalue weighted by molar-refractivity contribution is -0.117. The van der Waals surface area contributed by atoms with Gasteiger partial charge >= 0.3 is 0 Å². The van der Waals surface area contributed by atoms with Crippen LogP contribution in [0.1, 0.15) is 35.2 Å².